The Morgan fingerprint density at radius 1 is 1.23 bits per heavy atom. The van der Waals surface area contributed by atoms with Crippen LogP contribution >= 0.6 is 11.6 Å². The summed E-state index contributed by atoms with van der Waals surface area (Å²) in [6.45, 7) is 3.29. The SMILES string of the molecule is Cc1[nH]ncc1CN(C)Cc1cc2ccc(Cl)cc2[nH]c1=O. The zero-order valence-corrected chi connectivity index (χ0v) is 13.2. The molecule has 1 aromatic carbocycles. The second kappa shape index (κ2) is 5.94. The molecule has 3 rings (SSSR count). The van der Waals surface area contributed by atoms with E-state index < -0.39 is 0 Å². The Labute approximate surface area is 132 Å². The standard InChI is InChI=1S/C16H17ClN4O/c1-10-13(7-18-20-10)9-21(2)8-12-5-11-3-4-14(17)6-15(11)19-16(12)22/h3-7H,8-9H2,1-2H3,(H,18,20)(H,19,22). The molecule has 0 amide bonds. The van der Waals surface area contributed by atoms with Gasteiger partial charge in [0.2, 0.25) is 0 Å². The van der Waals surface area contributed by atoms with Gasteiger partial charge in [0.05, 0.1) is 6.20 Å². The fourth-order valence-electron chi connectivity index (χ4n) is 2.51. The molecule has 0 aliphatic carbocycles. The van der Waals surface area contributed by atoms with Gasteiger partial charge in [-0.3, -0.25) is 14.8 Å². The van der Waals surface area contributed by atoms with Crippen LogP contribution in [0.15, 0.2) is 35.3 Å². The number of hydrogen-bond donors (Lipinski definition) is 2. The zero-order valence-electron chi connectivity index (χ0n) is 12.5. The molecule has 0 aliphatic heterocycles. The molecular formula is C16H17ClN4O. The fraction of sp³-hybridized carbons (Fsp3) is 0.250. The number of nitrogens with zero attached hydrogens (tertiary/aromatic N) is 2. The van der Waals surface area contributed by atoms with Gasteiger partial charge < -0.3 is 4.98 Å². The second-order valence-corrected chi connectivity index (χ2v) is 5.98. The Morgan fingerprint density at radius 3 is 2.73 bits per heavy atom. The van der Waals surface area contributed by atoms with Crippen molar-refractivity contribution in [2.75, 3.05) is 7.05 Å². The number of aromatic amines is 2. The van der Waals surface area contributed by atoms with Gasteiger partial charge in [-0.05, 0) is 37.6 Å². The Hall–Kier alpha value is -2.11. The predicted molar refractivity (Wildman–Crippen MR) is 88.1 cm³/mol. The Morgan fingerprint density at radius 2 is 2.00 bits per heavy atom. The molecule has 2 aromatic heterocycles. The molecule has 22 heavy (non-hydrogen) atoms. The molecule has 0 bridgehead atoms. The molecule has 0 radical (unpaired) electrons. The fourth-order valence-corrected chi connectivity index (χ4v) is 2.68. The van der Waals surface area contributed by atoms with Crippen molar-refractivity contribution < 1.29 is 0 Å². The smallest absolute Gasteiger partial charge is 0.252 e. The lowest BCUT2D eigenvalue weighted by Gasteiger charge is -2.16. The van der Waals surface area contributed by atoms with Gasteiger partial charge in [-0.25, -0.2) is 0 Å². The topological polar surface area (TPSA) is 64.8 Å². The third-order valence-electron chi connectivity index (χ3n) is 3.70. The lowest BCUT2D eigenvalue weighted by Crippen LogP contribution is -2.23. The molecule has 3 aromatic rings. The highest BCUT2D eigenvalue weighted by Gasteiger charge is 2.09. The highest BCUT2D eigenvalue weighted by Crippen LogP contribution is 2.17. The van der Waals surface area contributed by atoms with Gasteiger partial charge in [0, 0.05) is 40.4 Å². The number of hydrogen-bond acceptors (Lipinski definition) is 3. The largest absolute Gasteiger partial charge is 0.322 e. The second-order valence-electron chi connectivity index (χ2n) is 5.55. The van der Waals surface area contributed by atoms with Crippen LogP contribution in [0.2, 0.25) is 5.02 Å². The molecule has 0 saturated carbocycles. The van der Waals surface area contributed by atoms with E-state index in [9.17, 15) is 4.79 Å². The van der Waals surface area contributed by atoms with Crippen LogP contribution in [-0.2, 0) is 13.1 Å². The van der Waals surface area contributed by atoms with Crippen LogP contribution in [0.3, 0.4) is 0 Å². The highest BCUT2D eigenvalue weighted by atomic mass is 35.5. The van der Waals surface area contributed by atoms with Gasteiger partial charge >= 0.3 is 0 Å². The van der Waals surface area contributed by atoms with E-state index in [0.717, 1.165) is 34.3 Å². The summed E-state index contributed by atoms with van der Waals surface area (Å²) in [5.41, 5.74) is 3.60. The molecule has 2 heterocycles. The summed E-state index contributed by atoms with van der Waals surface area (Å²) in [4.78, 5) is 17.2. The summed E-state index contributed by atoms with van der Waals surface area (Å²) in [7, 11) is 1.98. The third kappa shape index (κ3) is 3.05. The first kappa shape index (κ1) is 14.8. The van der Waals surface area contributed by atoms with Crippen molar-refractivity contribution in [2.45, 2.75) is 20.0 Å². The van der Waals surface area contributed by atoms with Gasteiger partial charge in [0.1, 0.15) is 0 Å². The minimum absolute atomic E-state index is 0.0782. The molecular weight excluding hydrogens is 300 g/mol. The van der Waals surface area contributed by atoms with Crippen molar-refractivity contribution in [3.8, 4) is 0 Å². The van der Waals surface area contributed by atoms with Crippen molar-refractivity contribution in [3.05, 3.63) is 62.7 Å². The molecule has 0 saturated heterocycles. The van der Waals surface area contributed by atoms with Crippen molar-refractivity contribution in [2.24, 2.45) is 0 Å². The summed E-state index contributed by atoms with van der Waals surface area (Å²) in [5, 5.41) is 8.53. The van der Waals surface area contributed by atoms with E-state index in [2.05, 4.69) is 20.1 Å². The number of nitrogens with one attached hydrogen (secondary N) is 2. The average molecular weight is 317 g/mol. The van der Waals surface area contributed by atoms with Gasteiger partial charge in [-0.15, -0.1) is 0 Å². The number of H-pyrrole nitrogens is 2. The summed E-state index contributed by atoms with van der Waals surface area (Å²) in [6, 6.07) is 7.42. The van der Waals surface area contributed by atoms with Crippen LogP contribution in [-0.4, -0.2) is 27.1 Å². The van der Waals surface area contributed by atoms with E-state index >= 15 is 0 Å². The summed E-state index contributed by atoms with van der Waals surface area (Å²) < 4.78 is 0. The minimum Gasteiger partial charge on any atom is -0.322 e. The Balaban J connectivity index is 1.84. The van der Waals surface area contributed by atoms with Crippen molar-refractivity contribution in [1.82, 2.24) is 20.1 Å². The third-order valence-corrected chi connectivity index (χ3v) is 3.93. The molecule has 114 valence electrons. The van der Waals surface area contributed by atoms with E-state index in [4.69, 9.17) is 11.6 Å². The predicted octanol–water partition coefficient (Wildman–Crippen LogP) is 2.85. The monoisotopic (exact) mass is 316 g/mol. The molecule has 6 heteroatoms. The maximum atomic E-state index is 12.2. The molecule has 0 unspecified atom stereocenters. The molecule has 5 nitrogen and oxygen atoms in total. The number of fused-ring (bicyclic) bond motifs is 1. The quantitative estimate of drug-likeness (QED) is 0.778. The van der Waals surface area contributed by atoms with Gasteiger partial charge in [0.15, 0.2) is 0 Å². The van der Waals surface area contributed by atoms with Crippen LogP contribution < -0.4 is 5.56 Å². The Bertz CT molecular complexity index is 868. The molecule has 0 fully saturated rings. The zero-order chi connectivity index (χ0) is 15.7. The highest BCUT2D eigenvalue weighted by molar-refractivity contribution is 6.31. The first-order valence-electron chi connectivity index (χ1n) is 7.02. The van der Waals surface area contributed by atoms with E-state index in [1.54, 1.807) is 6.07 Å². The normalized spacial score (nSPS) is 11.5. The summed E-state index contributed by atoms with van der Waals surface area (Å²) in [6.07, 6.45) is 1.82. The van der Waals surface area contributed by atoms with Crippen LogP contribution in [0.25, 0.3) is 10.9 Å². The molecule has 0 aliphatic rings. The number of rotatable bonds is 4. The minimum atomic E-state index is -0.0782. The Kier molecular flexibility index (Phi) is 4.00. The number of halogens is 1. The average Bonchev–Trinajstić information content (AvgIpc) is 2.85. The maximum absolute atomic E-state index is 12.2. The van der Waals surface area contributed by atoms with E-state index in [1.807, 2.05) is 38.4 Å². The van der Waals surface area contributed by atoms with Crippen molar-refractivity contribution in [1.29, 1.82) is 0 Å². The van der Waals surface area contributed by atoms with Crippen LogP contribution in [0.5, 0.6) is 0 Å². The lowest BCUT2D eigenvalue weighted by atomic mass is 10.1. The van der Waals surface area contributed by atoms with E-state index in [1.165, 1.54) is 0 Å². The molecule has 0 spiro atoms. The number of aryl methyl sites for hydroxylation is 1. The van der Waals surface area contributed by atoms with Gasteiger partial charge in [-0.1, -0.05) is 17.7 Å². The van der Waals surface area contributed by atoms with Crippen molar-refractivity contribution in [3.63, 3.8) is 0 Å². The van der Waals surface area contributed by atoms with E-state index in [-0.39, 0.29) is 5.56 Å². The van der Waals surface area contributed by atoms with Crippen molar-refractivity contribution >= 4 is 22.5 Å². The van der Waals surface area contributed by atoms with Gasteiger partial charge in [-0.2, -0.15) is 5.10 Å². The van der Waals surface area contributed by atoms with Crippen LogP contribution in [0, 0.1) is 6.92 Å². The first-order valence-corrected chi connectivity index (χ1v) is 7.39. The number of benzene rings is 1. The first-order chi connectivity index (χ1) is 10.5. The lowest BCUT2D eigenvalue weighted by molar-refractivity contribution is 0.317. The van der Waals surface area contributed by atoms with Crippen LogP contribution in [0.4, 0.5) is 0 Å². The summed E-state index contributed by atoms with van der Waals surface area (Å²) in [5.74, 6) is 0. The van der Waals surface area contributed by atoms with Crippen LogP contribution in [0.1, 0.15) is 16.8 Å². The molecule has 2 N–H and O–H groups in total. The molecule has 0 atom stereocenters. The van der Waals surface area contributed by atoms with E-state index in [0.29, 0.717) is 11.6 Å². The van der Waals surface area contributed by atoms with Gasteiger partial charge in [0.25, 0.3) is 5.56 Å². The number of pyridine rings is 1. The number of aromatic nitrogens is 3. The summed E-state index contributed by atoms with van der Waals surface area (Å²) >= 11 is 5.95. The maximum Gasteiger partial charge on any atom is 0.252 e.